The third kappa shape index (κ3) is 2.62. The minimum absolute atomic E-state index is 0.0630. The van der Waals surface area contributed by atoms with Gasteiger partial charge in [-0.15, -0.1) is 11.3 Å². The summed E-state index contributed by atoms with van der Waals surface area (Å²) in [7, 11) is 0. The monoisotopic (exact) mass is 265 g/mol. The number of carbonyl (C=O) groups is 1. The standard InChI is InChI=1S/C11H11N3O3S/c1-2-8-3-4-10(18-8)9(15)5-13-6-11(12-7-13)14(16)17/h3-4,6-7H,2,5H2,1H3. The van der Waals surface area contributed by atoms with Crippen LogP contribution in [0.3, 0.4) is 0 Å². The number of nitro groups is 1. The Hall–Kier alpha value is -2.02. The molecule has 0 amide bonds. The van der Waals surface area contributed by atoms with E-state index in [9.17, 15) is 14.9 Å². The number of rotatable bonds is 5. The van der Waals surface area contributed by atoms with E-state index >= 15 is 0 Å². The Bertz CT molecular complexity index is 588. The summed E-state index contributed by atoms with van der Waals surface area (Å²) in [6, 6.07) is 3.71. The molecule has 0 bridgehead atoms. The molecule has 0 radical (unpaired) electrons. The van der Waals surface area contributed by atoms with Crippen LogP contribution in [0.2, 0.25) is 0 Å². The van der Waals surface area contributed by atoms with Crippen LogP contribution in [0.15, 0.2) is 24.7 Å². The number of thiophene rings is 1. The molecule has 0 saturated carbocycles. The first-order chi connectivity index (χ1) is 8.60. The first kappa shape index (κ1) is 12.4. The van der Waals surface area contributed by atoms with E-state index in [0.717, 1.165) is 11.3 Å². The summed E-state index contributed by atoms with van der Waals surface area (Å²) in [4.78, 5) is 27.2. The number of carbonyl (C=O) groups excluding carboxylic acids is 1. The van der Waals surface area contributed by atoms with Crippen molar-refractivity contribution in [1.29, 1.82) is 0 Å². The van der Waals surface area contributed by atoms with Crippen molar-refractivity contribution in [3.63, 3.8) is 0 Å². The third-order valence-electron chi connectivity index (χ3n) is 2.42. The average Bonchev–Trinajstić information content (AvgIpc) is 2.96. The van der Waals surface area contributed by atoms with Crippen LogP contribution in [0.1, 0.15) is 21.5 Å². The van der Waals surface area contributed by atoms with Gasteiger partial charge in [0.15, 0.2) is 5.78 Å². The van der Waals surface area contributed by atoms with Crippen molar-refractivity contribution in [3.8, 4) is 0 Å². The predicted molar refractivity (Wildman–Crippen MR) is 66.9 cm³/mol. The zero-order valence-electron chi connectivity index (χ0n) is 9.70. The van der Waals surface area contributed by atoms with Gasteiger partial charge < -0.3 is 14.7 Å². The number of hydrogen-bond donors (Lipinski definition) is 0. The highest BCUT2D eigenvalue weighted by molar-refractivity contribution is 7.14. The molecule has 0 unspecified atom stereocenters. The highest BCUT2D eigenvalue weighted by atomic mass is 32.1. The highest BCUT2D eigenvalue weighted by Crippen LogP contribution is 2.18. The van der Waals surface area contributed by atoms with E-state index in [0.29, 0.717) is 4.88 Å². The van der Waals surface area contributed by atoms with Gasteiger partial charge in [-0.05, 0) is 28.5 Å². The van der Waals surface area contributed by atoms with Gasteiger partial charge in [-0.3, -0.25) is 4.79 Å². The number of imidazole rings is 1. The van der Waals surface area contributed by atoms with E-state index in [1.54, 1.807) is 6.07 Å². The van der Waals surface area contributed by atoms with Crippen LogP contribution in [0, 0.1) is 10.1 Å². The molecule has 0 fully saturated rings. The molecule has 2 heterocycles. The fourth-order valence-corrected chi connectivity index (χ4v) is 2.37. The van der Waals surface area contributed by atoms with E-state index in [1.807, 2.05) is 13.0 Å². The van der Waals surface area contributed by atoms with Gasteiger partial charge in [-0.2, -0.15) is 0 Å². The molecule has 18 heavy (non-hydrogen) atoms. The fourth-order valence-electron chi connectivity index (χ4n) is 1.49. The smallest absolute Gasteiger partial charge is 0.358 e. The van der Waals surface area contributed by atoms with Gasteiger partial charge in [0.1, 0.15) is 6.20 Å². The maximum atomic E-state index is 11.9. The maximum Gasteiger partial charge on any atom is 0.381 e. The lowest BCUT2D eigenvalue weighted by Crippen LogP contribution is -2.07. The lowest BCUT2D eigenvalue weighted by Gasteiger charge is -1.97. The Labute approximate surface area is 107 Å². The molecule has 0 N–H and O–H groups in total. The van der Waals surface area contributed by atoms with Gasteiger partial charge in [0.05, 0.1) is 11.4 Å². The Morgan fingerprint density at radius 3 is 2.89 bits per heavy atom. The summed E-state index contributed by atoms with van der Waals surface area (Å²) in [6.07, 6.45) is 3.45. The van der Waals surface area contributed by atoms with E-state index < -0.39 is 4.92 Å². The molecule has 0 spiro atoms. The first-order valence-corrected chi connectivity index (χ1v) is 6.20. The van der Waals surface area contributed by atoms with Crippen LogP contribution >= 0.6 is 11.3 Å². The Morgan fingerprint density at radius 2 is 2.33 bits per heavy atom. The van der Waals surface area contributed by atoms with Crippen molar-refractivity contribution < 1.29 is 9.72 Å². The lowest BCUT2D eigenvalue weighted by molar-refractivity contribution is -0.389. The molecule has 2 aromatic rings. The summed E-state index contributed by atoms with van der Waals surface area (Å²) in [5.41, 5.74) is 0. The van der Waals surface area contributed by atoms with Gasteiger partial charge in [0.25, 0.3) is 0 Å². The zero-order valence-corrected chi connectivity index (χ0v) is 10.5. The zero-order chi connectivity index (χ0) is 13.1. The van der Waals surface area contributed by atoms with Gasteiger partial charge in [-0.1, -0.05) is 6.92 Å². The maximum absolute atomic E-state index is 11.9. The molecular weight excluding hydrogens is 254 g/mol. The summed E-state index contributed by atoms with van der Waals surface area (Å²) >= 11 is 1.46. The van der Waals surface area contributed by atoms with Crippen LogP contribution in [0.4, 0.5) is 5.82 Å². The second-order valence-corrected chi connectivity index (χ2v) is 4.87. The second-order valence-electron chi connectivity index (χ2n) is 3.70. The van der Waals surface area contributed by atoms with Crippen LogP contribution in [0.5, 0.6) is 0 Å². The number of hydrogen-bond acceptors (Lipinski definition) is 5. The van der Waals surface area contributed by atoms with E-state index in [1.165, 1.54) is 28.4 Å². The predicted octanol–water partition coefficient (Wildman–Crippen LogP) is 2.30. The van der Waals surface area contributed by atoms with Gasteiger partial charge in [0.2, 0.25) is 6.33 Å². The molecule has 7 heteroatoms. The van der Waals surface area contributed by atoms with Crippen LogP contribution in [0.25, 0.3) is 0 Å². The summed E-state index contributed by atoms with van der Waals surface area (Å²) in [5, 5.41) is 10.5. The minimum atomic E-state index is -0.582. The largest absolute Gasteiger partial charge is 0.381 e. The van der Waals surface area contributed by atoms with Crippen molar-refractivity contribution in [1.82, 2.24) is 9.55 Å². The van der Waals surface area contributed by atoms with Crippen molar-refractivity contribution in [3.05, 3.63) is 44.5 Å². The van der Waals surface area contributed by atoms with Crippen molar-refractivity contribution in [2.24, 2.45) is 0 Å². The average molecular weight is 265 g/mol. The number of ketones is 1. The number of aromatic nitrogens is 2. The van der Waals surface area contributed by atoms with E-state index in [-0.39, 0.29) is 18.1 Å². The fraction of sp³-hybridized carbons (Fsp3) is 0.273. The molecule has 2 aromatic heterocycles. The van der Waals surface area contributed by atoms with Crippen molar-refractivity contribution in [2.75, 3.05) is 0 Å². The molecule has 0 aliphatic heterocycles. The summed E-state index contributed by atoms with van der Waals surface area (Å²) < 4.78 is 1.42. The number of nitrogens with zero attached hydrogens (tertiary/aromatic N) is 3. The van der Waals surface area contributed by atoms with Gasteiger partial charge in [0, 0.05) is 4.88 Å². The Morgan fingerprint density at radius 1 is 1.56 bits per heavy atom. The molecule has 0 saturated heterocycles. The minimum Gasteiger partial charge on any atom is -0.358 e. The summed E-state index contributed by atoms with van der Waals surface area (Å²) in [5.74, 6) is -0.310. The summed E-state index contributed by atoms with van der Waals surface area (Å²) in [6.45, 7) is 2.10. The quantitative estimate of drug-likeness (QED) is 0.472. The van der Waals surface area contributed by atoms with Crippen LogP contribution in [-0.2, 0) is 13.0 Å². The molecule has 0 aliphatic carbocycles. The second kappa shape index (κ2) is 5.09. The normalized spacial score (nSPS) is 10.5. The molecule has 0 aliphatic rings. The number of Topliss-reactive ketones (excluding diaryl/α,β-unsaturated/α-hetero) is 1. The molecule has 0 aromatic carbocycles. The molecule has 6 nitrogen and oxygen atoms in total. The van der Waals surface area contributed by atoms with Crippen molar-refractivity contribution in [2.45, 2.75) is 19.9 Å². The molecule has 94 valence electrons. The highest BCUT2D eigenvalue weighted by Gasteiger charge is 2.14. The van der Waals surface area contributed by atoms with Crippen molar-refractivity contribution >= 4 is 22.9 Å². The molecule has 0 atom stereocenters. The van der Waals surface area contributed by atoms with Gasteiger partial charge in [-0.25, -0.2) is 0 Å². The van der Waals surface area contributed by atoms with E-state index in [4.69, 9.17) is 0 Å². The van der Waals surface area contributed by atoms with Gasteiger partial charge >= 0.3 is 5.82 Å². The Kier molecular flexibility index (Phi) is 3.52. The van der Waals surface area contributed by atoms with Crippen LogP contribution in [-0.4, -0.2) is 20.3 Å². The molecule has 2 rings (SSSR count). The van der Waals surface area contributed by atoms with E-state index in [2.05, 4.69) is 4.98 Å². The third-order valence-corrected chi connectivity index (χ3v) is 3.69. The first-order valence-electron chi connectivity index (χ1n) is 5.38. The lowest BCUT2D eigenvalue weighted by atomic mass is 10.3. The Balaban J connectivity index is 2.08. The molecular formula is C11H11N3O3S. The topological polar surface area (TPSA) is 78.0 Å². The SMILES string of the molecule is CCc1ccc(C(=O)Cn2cnc([N+](=O)[O-])c2)s1. The number of aryl methyl sites for hydroxylation is 1. The van der Waals surface area contributed by atoms with Crippen LogP contribution < -0.4 is 0 Å².